The highest BCUT2D eigenvalue weighted by Crippen LogP contribution is 2.25. The molecular weight excluding hydrogens is 334 g/mol. The summed E-state index contributed by atoms with van der Waals surface area (Å²) in [5.41, 5.74) is 3.39. The molecule has 1 amide bonds. The molecule has 1 atom stereocenters. The lowest BCUT2D eigenvalue weighted by Gasteiger charge is -2.13. The third-order valence-corrected chi connectivity index (χ3v) is 5.14. The molecule has 130 valence electrons. The van der Waals surface area contributed by atoms with Crippen LogP contribution in [0, 0.1) is 6.92 Å². The van der Waals surface area contributed by atoms with Crippen LogP contribution in [0.5, 0.6) is 0 Å². The Hall–Kier alpha value is -2.40. The summed E-state index contributed by atoms with van der Waals surface area (Å²) in [4.78, 5) is 26.2. The van der Waals surface area contributed by atoms with Gasteiger partial charge in [0.15, 0.2) is 6.10 Å². The highest BCUT2D eigenvalue weighted by molar-refractivity contribution is 7.12. The Kier molecular flexibility index (Phi) is 5.34. The Bertz CT molecular complexity index is 822. The summed E-state index contributed by atoms with van der Waals surface area (Å²) in [6.45, 7) is 3.58. The van der Waals surface area contributed by atoms with Crippen LogP contribution in [0.1, 0.15) is 34.2 Å². The Morgan fingerprint density at radius 3 is 2.76 bits per heavy atom. The minimum atomic E-state index is -0.851. The number of hydrogen-bond acceptors (Lipinski definition) is 4. The van der Waals surface area contributed by atoms with Gasteiger partial charge >= 0.3 is 5.97 Å². The van der Waals surface area contributed by atoms with E-state index < -0.39 is 12.1 Å². The van der Waals surface area contributed by atoms with Gasteiger partial charge in [-0.1, -0.05) is 6.07 Å². The Balaban J connectivity index is 1.53. The molecule has 2 aromatic rings. The first kappa shape index (κ1) is 17.4. The van der Waals surface area contributed by atoms with E-state index in [1.807, 2.05) is 31.2 Å². The number of thiophene rings is 1. The van der Waals surface area contributed by atoms with E-state index in [1.165, 1.54) is 22.1 Å². The normalized spacial score (nSPS) is 14.3. The summed E-state index contributed by atoms with van der Waals surface area (Å²) in [7, 11) is 0. The van der Waals surface area contributed by atoms with Crippen molar-refractivity contribution in [2.75, 3.05) is 5.32 Å². The number of esters is 1. The van der Waals surface area contributed by atoms with Crippen LogP contribution in [0.25, 0.3) is 6.08 Å². The van der Waals surface area contributed by atoms with Crippen molar-refractivity contribution < 1.29 is 14.3 Å². The average Bonchev–Trinajstić information content (AvgIpc) is 3.21. The smallest absolute Gasteiger partial charge is 0.331 e. The summed E-state index contributed by atoms with van der Waals surface area (Å²) in [5.74, 6) is -0.852. The van der Waals surface area contributed by atoms with Gasteiger partial charge < -0.3 is 10.1 Å². The molecule has 5 heteroatoms. The highest BCUT2D eigenvalue weighted by Gasteiger charge is 2.18. The fraction of sp³-hybridized carbons (Fsp3) is 0.300. The maximum atomic E-state index is 12.2. The zero-order chi connectivity index (χ0) is 17.8. The molecule has 1 heterocycles. The standard InChI is InChI=1S/C20H21NO3S/c1-13-6-9-18(25-13)10-11-19(22)24-14(2)20(23)21-17-8-7-15-4-3-5-16(15)12-17/h6-12,14H,3-5H2,1-2H3,(H,21,23)/b11-10+/t14-/m1/s1. The second-order valence-corrected chi connectivity index (χ2v) is 7.51. The molecule has 0 radical (unpaired) electrons. The molecule has 0 spiro atoms. The van der Waals surface area contributed by atoms with Crippen molar-refractivity contribution in [2.45, 2.75) is 39.2 Å². The number of rotatable bonds is 5. The number of carbonyl (C=O) groups is 2. The van der Waals surface area contributed by atoms with Crippen LogP contribution in [-0.4, -0.2) is 18.0 Å². The van der Waals surface area contributed by atoms with Crippen molar-refractivity contribution >= 4 is 35.0 Å². The van der Waals surface area contributed by atoms with Crippen LogP contribution in [0.2, 0.25) is 0 Å². The molecule has 0 saturated carbocycles. The van der Waals surface area contributed by atoms with Crippen molar-refractivity contribution in [1.82, 2.24) is 0 Å². The van der Waals surface area contributed by atoms with Crippen LogP contribution in [0.3, 0.4) is 0 Å². The molecule has 1 aromatic heterocycles. The summed E-state index contributed by atoms with van der Waals surface area (Å²) in [6.07, 6.45) is 5.52. The first-order valence-electron chi connectivity index (χ1n) is 8.39. The number of ether oxygens (including phenoxy) is 1. The zero-order valence-electron chi connectivity index (χ0n) is 14.4. The second kappa shape index (κ2) is 7.66. The maximum Gasteiger partial charge on any atom is 0.331 e. The number of fused-ring (bicyclic) bond motifs is 1. The fourth-order valence-electron chi connectivity index (χ4n) is 2.85. The molecule has 1 N–H and O–H groups in total. The summed E-state index contributed by atoms with van der Waals surface area (Å²) >= 11 is 1.59. The topological polar surface area (TPSA) is 55.4 Å². The first-order valence-corrected chi connectivity index (χ1v) is 9.21. The van der Waals surface area contributed by atoms with Crippen molar-refractivity contribution in [3.63, 3.8) is 0 Å². The van der Waals surface area contributed by atoms with Crippen LogP contribution in [-0.2, 0) is 27.2 Å². The molecular formula is C20H21NO3S. The Morgan fingerprint density at radius 1 is 1.20 bits per heavy atom. The number of benzene rings is 1. The third kappa shape index (κ3) is 4.57. The molecule has 0 fully saturated rings. The number of nitrogens with one attached hydrogen (secondary N) is 1. The van der Waals surface area contributed by atoms with Gasteiger partial charge in [-0.15, -0.1) is 11.3 Å². The van der Waals surface area contributed by atoms with E-state index in [9.17, 15) is 9.59 Å². The van der Waals surface area contributed by atoms with Gasteiger partial charge in [0.2, 0.25) is 0 Å². The predicted octanol–water partition coefficient (Wildman–Crippen LogP) is 4.13. The van der Waals surface area contributed by atoms with Gasteiger partial charge in [0.25, 0.3) is 5.91 Å². The Morgan fingerprint density at radius 2 is 2.00 bits per heavy atom. The average molecular weight is 355 g/mol. The Labute approximate surface area is 151 Å². The minimum absolute atomic E-state index is 0.327. The van der Waals surface area contributed by atoms with Gasteiger partial charge in [-0.05, 0) is 74.6 Å². The molecule has 4 nitrogen and oxygen atoms in total. The largest absolute Gasteiger partial charge is 0.449 e. The van der Waals surface area contributed by atoms with Gasteiger partial charge in [0.05, 0.1) is 0 Å². The van der Waals surface area contributed by atoms with Crippen LogP contribution in [0.4, 0.5) is 5.69 Å². The van der Waals surface area contributed by atoms with E-state index in [4.69, 9.17) is 4.74 Å². The lowest BCUT2D eigenvalue weighted by Crippen LogP contribution is -2.29. The van der Waals surface area contributed by atoms with Crippen molar-refractivity contribution in [2.24, 2.45) is 0 Å². The van der Waals surface area contributed by atoms with Gasteiger partial charge in [-0.25, -0.2) is 4.79 Å². The molecule has 1 aliphatic rings. The minimum Gasteiger partial charge on any atom is -0.449 e. The van der Waals surface area contributed by atoms with Crippen molar-refractivity contribution in [3.8, 4) is 0 Å². The van der Waals surface area contributed by atoms with Crippen LogP contribution in [0.15, 0.2) is 36.4 Å². The number of aryl methyl sites for hydroxylation is 3. The monoisotopic (exact) mass is 355 g/mol. The quantitative estimate of drug-likeness (QED) is 0.648. The number of carbonyl (C=O) groups excluding carboxylic acids is 2. The van der Waals surface area contributed by atoms with E-state index in [0.717, 1.165) is 29.8 Å². The molecule has 1 aliphatic carbocycles. The highest BCUT2D eigenvalue weighted by atomic mass is 32.1. The van der Waals surface area contributed by atoms with Crippen LogP contribution < -0.4 is 5.32 Å². The van der Waals surface area contributed by atoms with Gasteiger partial charge in [0, 0.05) is 21.5 Å². The summed E-state index contributed by atoms with van der Waals surface area (Å²) < 4.78 is 5.17. The first-order chi connectivity index (χ1) is 12.0. The molecule has 0 unspecified atom stereocenters. The van der Waals surface area contributed by atoms with Crippen molar-refractivity contribution in [3.05, 3.63) is 57.3 Å². The van der Waals surface area contributed by atoms with E-state index in [1.54, 1.807) is 24.3 Å². The number of hydrogen-bond donors (Lipinski definition) is 1. The number of anilines is 1. The molecule has 25 heavy (non-hydrogen) atoms. The van der Waals surface area contributed by atoms with Crippen molar-refractivity contribution in [1.29, 1.82) is 0 Å². The molecule has 0 saturated heterocycles. The summed E-state index contributed by atoms with van der Waals surface area (Å²) in [6, 6.07) is 9.89. The maximum absolute atomic E-state index is 12.2. The molecule has 0 aliphatic heterocycles. The lowest BCUT2D eigenvalue weighted by atomic mass is 10.1. The van der Waals surface area contributed by atoms with E-state index in [0.29, 0.717) is 0 Å². The predicted molar refractivity (Wildman–Crippen MR) is 101 cm³/mol. The molecule has 3 rings (SSSR count). The lowest BCUT2D eigenvalue weighted by molar-refractivity contribution is -0.148. The zero-order valence-corrected chi connectivity index (χ0v) is 15.2. The van der Waals surface area contributed by atoms with Gasteiger partial charge in [0.1, 0.15) is 0 Å². The number of amides is 1. The van der Waals surface area contributed by atoms with Gasteiger partial charge in [-0.2, -0.15) is 0 Å². The fourth-order valence-corrected chi connectivity index (χ4v) is 3.63. The van der Waals surface area contributed by atoms with Crippen LogP contribution >= 0.6 is 11.3 Å². The SMILES string of the molecule is Cc1ccc(/C=C/C(=O)O[C@H](C)C(=O)Nc2ccc3c(c2)CCC3)s1. The molecule has 0 bridgehead atoms. The van der Waals surface area contributed by atoms with Gasteiger partial charge in [-0.3, -0.25) is 4.79 Å². The van der Waals surface area contributed by atoms with E-state index in [2.05, 4.69) is 11.4 Å². The van der Waals surface area contributed by atoms with E-state index in [-0.39, 0.29) is 5.91 Å². The van der Waals surface area contributed by atoms with E-state index >= 15 is 0 Å². The third-order valence-electron chi connectivity index (χ3n) is 4.17. The second-order valence-electron chi connectivity index (χ2n) is 6.19. The summed E-state index contributed by atoms with van der Waals surface area (Å²) in [5, 5.41) is 2.82. The molecule has 1 aromatic carbocycles.